The smallest absolute Gasteiger partial charge is 0.325 e. The summed E-state index contributed by atoms with van der Waals surface area (Å²) in [6.45, 7) is 0.415. The molecule has 1 saturated heterocycles. The number of H-pyrrole nitrogens is 2. The maximum atomic E-state index is 11.8. The zero-order valence-electron chi connectivity index (χ0n) is 10.6. The van der Waals surface area contributed by atoms with Crippen molar-refractivity contribution in [3.8, 4) is 0 Å². The number of hydrogen-bond donors (Lipinski definition) is 3. The molecular weight excluding hydrogens is 272 g/mol. The number of aliphatic hydroxyl groups is 1. The molecule has 0 radical (unpaired) electrons. The molecule has 1 aromatic rings. The molecule has 2 rings (SSSR count). The number of thioether (sulfide) groups is 1. The van der Waals surface area contributed by atoms with E-state index in [1.165, 1.54) is 25.1 Å². The topological polar surface area (TPSA) is 104 Å². The van der Waals surface area contributed by atoms with Gasteiger partial charge >= 0.3 is 5.69 Å². The molecule has 1 fully saturated rings. The number of aromatic amines is 2. The van der Waals surface area contributed by atoms with Gasteiger partial charge in [-0.3, -0.25) is 9.78 Å². The zero-order valence-corrected chi connectivity index (χ0v) is 11.4. The summed E-state index contributed by atoms with van der Waals surface area (Å²) in [6, 6.07) is 0. The number of nitrogens with one attached hydrogen (secondary N) is 2. The Morgan fingerprint density at radius 1 is 1.42 bits per heavy atom. The van der Waals surface area contributed by atoms with Crippen LogP contribution in [0.4, 0.5) is 0 Å². The van der Waals surface area contributed by atoms with Crippen LogP contribution in [-0.4, -0.2) is 53.4 Å². The van der Waals surface area contributed by atoms with E-state index in [2.05, 4.69) is 9.97 Å². The Morgan fingerprint density at radius 2 is 2.16 bits per heavy atom. The van der Waals surface area contributed by atoms with Crippen LogP contribution in [-0.2, 0) is 9.47 Å². The van der Waals surface area contributed by atoms with E-state index in [0.717, 1.165) is 0 Å². The van der Waals surface area contributed by atoms with Crippen LogP contribution >= 0.6 is 11.8 Å². The molecule has 3 N–H and O–H groups in total. The monoisotopic (exact) mass is 288 g/mol. The highest BCUT2D eigenvalue weighted by Crippen LogP contribution is 2.45. The van der Waals surface area contributed by atoms with Crippen LogP contribution in [0.25, 0.3) is 0 Å². The number of methoxy groups -OCH3 is 2. The van der Waals surface area contributed by atoms with Crippen molar-refractivity contribution in [3.05, 3.63) is 32.6 Å². The third kappa shape index (κ3) is 2.76. The molecule has 7 nitrogen and oxygen atoms in total. The minimum Gasteiger partial charge on any atom is -0.389 e. The fourth-order valence-electron chi connectivity index (χ4n) is 2.22. The molecule has 1 aliphatic heterocycles. The molecule has 0 spiro atoms. The normalized spacial score (nSPS) is 30.7. The summed E-state index contributed by atoms with van der Waals surface area (Å²) in [5.41, 5.74) is -0.728. The van der Waals surface area contributed by atoms with Gasteiger partial charge in [0.1, 0.15) is 0 Å². The molecule has 1 aromatic heterocycles. The lowest BCUT2D eigenvalue weighted by Gasteiger charge is -2.19. The highest BCUT2D eigenvalue weighted by atomic mass is 32.2. The van der Waals surface area contributed by atoms with Gasteiger partial charge in [0.15, 0.2) is 0 Å². The number of ether oxygens (including phenoxy) is 2. The van der Waals surface area contributed by atoms with E-state index in [-0.39, 0.29) is 5.25 Å². The SMILES string of the molecule is COC[C@H]1S[C@@H](c2c[nH]c(=O)[nH]c2=O)[C@@H](O)C1OC. The molecule has 1 aliphatic rings. The second kappa shape index (κ2) is 5.91. The van der Waals surface area contributed by atoms with Gasteiger partial charge in [0.2, 0.25) is 0 Å². The Labute approximate surface area is 113 Å². The number of aromatic nitrogens is 2. The van der Waals surface area contributed by atoms with E-state index in [4.69, 9.17) is 9.47 Å². The van der Waals surface area contributed by atoms with Crippen LogP contribution < -0.4 is 11.2 Å². The molecule has 0 amide bonds. The fourth-order valence-corrected chi connectivity index (χ4v) is 3.87. The first-order chi connectivity index (χ1) is 9.08. The van der Waals surface area contributed by atoms with Crippen molar-refractivity contribution in [2.24, 2.45) is 0 Å². The second-order valence-electron chi connectivity index (χ2n) is 4.27. The predicted octanol–water partition coefficient (Wildman–Crippen LogP) is -0.758. The summed E-state index contributed by atoms with van der Waals surface area (Å²) in [7, 11) is 3.08. The zero-order chi connectivity index (χ0) is 14.0. The van der Waals surface area contributed by atoms with Crippen molar-refractivity contribution in [1.82, 2.24) is 9.97 Å². The second-order valence-corrected chi connectivity index (χ2v) is 5.65. The minimum absolute atomic E-state index is 0.0682. The molecule has 0 aliphatic carbocycles. The summed E-state index contributed by atoms with van der Waals surface area (Å²) >= 11 is 1.41. The molecule has 8 heteroatoms. The van der Waals surface area contributed by atoms with Gasteiger partial charge in [0, 0.05) is 26.0 Å². The summed E-state index contributed by atoms with van der Waals surface area (Å²) in [4.78, 5) is 27.3. The van der Waals surface area contributed by atoms with Crippen molar-refractivity contribution in [3.63, 3.8) is 0 Å². The average Bonchev–Trinajstić information content (AvgIpc) is 2.66. The maximum absolute atomic E-state index is 11.8. The highest BCUT2D eigenvalue weighted by Gasteiger charge is 2.45. The van der Waals surface area contributed by atoms with Crippen molar-refractivity contribution in [2.45, 2.75) is 22.7 Å². The Hall–Kier alpha value is -1.09. The van der Waals surface area contributed by atoms with Gasteiger partial charge in [-0.1, -0.05) is 0 Å². The standard InChI is InChI=1S/C11H16N2O5S/c1-17-4-6-8(18-2)7(14)9(19-6)5-3-12-11(16)13-10(5)15/h3,6-9,14H,4H2,1-2H3,(H2,12,13,15,16)/t6-,7+,8?,9+/m1/s1. The first-order valence-corrected chi connectivity index (χ1v) is 6.70. The molecule has 4 atom stereocenters. The quantitative estimate of drug-likeness (QED) is 0.673. The molecule has 0 saturated carbocycles. The van der Waals surface area contributed by atoms with E-state index in [9.17, 15) is 14.7 Å². The van der Waals surface area contributed by atoms with Crippen LogP contribution in [0.3, 0.4) is 0 Å². The van der Waals surface area contributed by atoms with Gasteiger partial charge in [-0.2, -0.15) is 0 Å². The summed E-state index contributed by atoms with van der Waals surface area (Å²) in [6.07, 6.45) is 0.0904. The Bertz CT molecular complexity index is 542. The van der Waals surface area contributed by atoms with Gasteiger partial charge < -0.3 is 19.6 Å². The van der Waals surface area contributed by atoms with E-state index < -0.39 is 28.7 Å². The summed E-state index contributed by atoms with van der Waals surface area (Å²) < 4.78 is 10.4. The largest absolute Gasteiger partial charge is 0.389 e. The highest BCUT2D eigenvalue weighted by molar-refractivity contribution is 8.00. The van der Waals surface area contributed by atoms with Gasteiger partial charge in [-0.15, -0.1) is 11.8 Å². The van der Waals surface area contributed by atoms with E-state index >= 15 is 0 Å². The lowest BCUT2D eigenvalue weighted by Crippen LogP contribution is -2.35. The summed E-state index contributed by atoms with van der Waals surface area (Å²) in [5, 5.41) is 9.73. The molecular formula is C11H16N2O5S. The van der Waals surface area contributed by atoms with Crippen LogP contribution in [0.2, 0.25) is 0 Å². The summed E-state index contributed by atoms with van der Waals surface area (Å²) in [5.74, 6) is 0. The predicted molar refractivity (Wildman–Crippen MR) is 70.5 cm³/mol. The van der Waals surface area contributed by atoms with Gasteiger partial charge in [-0.25, -0.2) is 4.79 Å². The van der Waals surface area contributed by atoms with Gasteiger partial charge in [-0.05, 0) is 0 Å². The molecule has 106 valence electrons. The van der Waals surface area contributed by atoms with E-state index in [0.29, 0.717) is 12.2 Å². The number of hydrogen-bond acceptors (Lipinski definition) is 6. The van der Waals surface area contributed by atoms with Crippen molar-refractivity contribution < 1.29 is 14.6 Å². The number of rotatable bonds is 4. The van der Waals surface area contributed by atoms with E-state index in [1.54, 1.807) is 7.11 Å². The third-order valence-electron chi connectivity index (χ3n) is 3.09. The lowest BCUT2D eigenvalue weighted by molar-refractivity contribution is -0.0139. The van der Waals surface area contributed by atoms with Crippen LogP contribution in [0, 0.1) is 0 Å². The molecule has 19 heavy (non-hydrogen) atoms. The lowest BCUT2D eigenvalue weighted by atomic mass is 10.0. The van der Waals surface area contributed by atoms with Crippen LogP contribution in [0.5, 0.6) is 0 Å². The van der Waals surface area contributed by atoms with Crippen LogP contribution in [0.1, 0.15) is 10.8 Å². The molecule has 0 aromatic carbocycles. The molecule has 2 heterocycles. The average molecular weight is 288 g/mol. The first-order valence-electron chi connectivity index (χ1n) is 5.75. The first kappa shape index (κ1) is 14.3. The van der Waals surface area contributed by atoms with Crippen molar-refractivity contribution in [1.29, 1.82) is 0 Å². The van der Waals surface area contributed by atoms with Crippen LogP contribution in [0.15, 0.2) is 15.8 Å². The van der Waals surface area contributed by atoms with E-state index in [1.807, 2.05) is 0 Å². The Balaban J connectivity index is 2.30. The van der Waals surface area contributed by atoms with Gasteiger partial charge in [0.25, 0.3) is 5.56 Å². The van der Waals surface area contributed by atoms with Gasteiger partial charge in [0.05, 0.1) is 29.3 Å². The van der Waals surface area contributed by atoms with Crippen molar-refractivity contribution >= 4 is 11.8 Å². The van der Waals surface area contributed by atoms with Crippen molar-refractivity contribution in [2.75, 3.05) is 20.8 Å². The third-order valence-corrected chi connectivity index (χ3v) is 4.67. The Kier molecular flexibility index (Phi) is 4.46. The number of aliphatic hydroxyl groups excluding tert-OH is 1. The molecule has 1 unspecified atom stereocenters. The molecule has 0 bridgehead atoms. The Morgan fingerprint density at radius 3 is 2.74 bits per heavy atom. The fraction of sp³-hybridized carbons (Fsp3) is 0.636. The maximum Gasteiger partial charge on any atom is 0.325 e. The minimum atomic E-state index is -0.831.